The quantitative estimate of drug-likeness (QED) is 0.548. The van der Waals surface area contributed by atoms with Gasteiger partial charge in [-0.05, 0) is 29.8 Å². The topological polar surface area (TPSA) is 83.8 Å². The van der Waals surface area contributed by atoms with Crippen molar-refractivity contribution in [2.24, 2.45) is 7.05 Å². The van der Waals surface area contributed by atoms with E-state index in [0.717, 1.165) is 5.56 Å². The minimum Gasteiger partial charge on any atom is -0.396 e. The number of nitrogen functional groups attached to an aromatic ring is 1. The molecule has 1 aliphatic heterocycles. The number of alkyl halides is 1. The van der Waals surface area contributed by atoms with Gasteiger partial charge in [0.05, 0.1) is 30.7 Å². The Morgan fingerprint density at radius 3 is 2.70 bits per heavy atom. The van der Waals surface area contributed by atoms with Crippen LogP contribution in [0.3, 0.4) is 0 Å². The lowest BCUT2D eigenvalue weighted by atomic mass is 9.97. The molecule has 2 aromatic heterocycles. The molecule has 138 valence electrons. The molecular weight excluding hydrogens is 350 g/mol. The molecule has 27 heavy (non-hydrogen) atoms. The number of nitrogens with one attached hydrogen (secondary N) is 1. The van der Waals surface area contributed by atoms with Crippen molar-refractivity contribution in [1.82, 2.24) is 14.8 Å². The highest BCUT2D eigenvalue weighted by atomic mass is 19.1. The van der Waals surface area contributed by atoms with Gasteiger partial charge in [0.15, 0.2) is 0 Å². The molecule has 0 amide bonds. The van der Waals surface area contributed by atoms with Crippen LogP contribution in [-0.4, -0.2) is 39.7 Å². The third-order valence-corrected chi connectivity index (χ3v) is 4.63. The number of aromatic nitrogens is 3. The summed E-state index contributed by atoms with van der Waals surface area (Å²) in [6.07, 6.45) is 4.10. The number of benzene rings is 1. The van der Waals surface area contributed by atoms with Crippen LogP contribution >= 0.6 is 0 Å². The average Bonchev–Trinajstić information content (AvgIpc) is 3.07. The van der Waals surface area contributed by atoms with E-state index < -0.39 is 12.0 Å². The molecule has 1 aromatic carbocycles. The molecule has 1 fully saturated rings. The van der Waals surface area contributed by atoms with E-state index in [1.165, 1.54) is 6.07 Å². The van der Waals surface area contributed by atoms with Gasteiger partial charge in [-0.1, -0.05) is 0 Å². The van der Waals surface area contributed by atoms with Crippen molar-refractivity contribution in [3.05, 3.63) is 59.8 Å². The van der Waals surface area contributed by atoms with Crippen LogP contribution in [0.4, 0.5) is 20.3 Å². The van der Waals surface area contributed by atoms with E-state index in [2.05, 4.69) is 10.1 Å². The first kappa shape index (κ1) is 17.1. The molecule has 4 rings (SSSR count). The fraction of sp³-hybridized carbons (Fsp3) is 0.211. The van der Waals surface area contributed by atoms with Gasteiger partial charge < -0.3 is 10.6 Å². The molecular formula is C19H18F2N6. The number of halogens is 2. The second kappa shape index (κ2) is 6.46. The van der Waals surface area contributed by atoms with E-state index in [-0.39, 0.29) is 30.1 Å². The Labute approximate surface area is 154 Å². The predicted octanol–water partition coefficient (Wildman–Crippen LogP) is 2.78. The van der Waals surface area contributed by atoms with Crippen molar-refractivity contribution >= 4 is 17.2 Å². The summed E-state index contributed by atoms with van der Waals surface area (Å²) in [6, 6.07) is 6.37. The van der Waals surface area contributed by atoms with E-state index in [1.54, 1.807) is 53.4 Å². The van der Waals surface area contributed by atoms with Gasteiger partial charge in [0, 0.05) is 36.1 Å². The maximum absolute atomic E-state index is 14.4. The first-order valence-electron chi connectivity index (χ1n) is 8.45. The number of anilines is 2. The number of nitrogens with zero attached hydrogens (tertiary/aromatic N) is 4. The fourth-order valence-corrected chi connectivity index (χ4v) is 3.08. The van der Waals surface area contributed by atoms with Crippen molar-refractivity contribution in [2.75, 3.05) is 23.7 Å². The lowest BCUT2D eigenvalue weighted by molar-refractivity contribution is 0.273. The second-order valence-corrected chi connectivity index (χ2v) is 6.60. The summed E-state index contributed by atoms with van der Waals surface area (Å²) in [7, 11) is 1.77. The molecule has 1 aliphatic rings. The molecule has 3 heterocycles. The van der Waals surface area contributed by atoms with Gasteiger partial charge in [0.1, 0.15) is 17.8 Å². The maximum atomic E-state index is 14.4. The van der Waals surface area contributed by atoms with Crippen molar-refractivity contribution in [3.8, 4) is 11.1 Å². The van der Waals surface area contributed by atoms with Crippen molar-refractivity contribution in [1.29, 1.82) is 5.41 Å². The van der Waals surface area contributed by atoms with E-state index in [1.807, 2.05) is 0 Å². The van der Waals surface area contributed by atoms with Gasteiger partial charge in [-0.25, -0.2) is 13.8 Å². The van der Waals surface area contributed by atoms with Crippen molar-refractivity contribution < 1.29 is 8.78 Å². The van der Waals surface area contributed by atoms with E-state index in [0.29, 0.717) is 16.9 Å². The first-order chi connectivity index (χ1) is 12.9. The molecule has 0 bridgehead atoms. The molecule has 0 saturated carbocycles. The van der Waals surface area contributed by atoms with E-state index in [4.69, 9.17) is 11.1 Å². The predicted molar refractivity (Wildman–Crippen MR) is 100 cm³/mol. The largest absolute Gasteiger partial charge is 0.396 e. The van der Waals surface area contributed by atoms with E-state index >= 15 is 0 Å². The second-order valence-electron chi connectivity index (χ2n) is 6.60. The van der Waals surface area contributed by atoms with Crippen molar-refractivity contribution in [3.63, 3.8) is 0 Å². The number of aryl methyl sites for hydroxylation is 1. The molecule has 3 aromatic rings. The zero-order valence-electron chi connectivity index (χ0n) is 14.7. The number of hydrogen-bond acceptors (Lipinski definition) is 5. The fourth-order valence-electron chi connectivity index (χ4n) is 3.08. The van der Waals surface area contributed by atoms with Gasteiger partial charge in [-0.2, -0.15) is 5.10 Å². The van der Waals surface area contributed by atoms with Gasteiger partial charge in [0.25, 0.3) is 0 Å². The molecule has 0 radical (unpaired) electrons. The minimum atomic E-state index is -0.851. The summed E-state index contributed by atoms with van der Waals surface area (Å²) in [5.74, 6) is 0.00186. The van der Waals surface area contributed by atoms with Crippen LogP contribution < -0.4 is 10.6 Å². The van der Waals surface area contributed by atoms with Crippen LogP contribution in [0.25, 0.3) is 11.1 Å². The molecule has 0 atom stereocenters. The van der Waals surface area contributed by atoms with Crippen molar-refractivity contribution in [2.45, 2.75) is 6.17 Å². The normalized spacial score (nSPS) is 14.3. The van der Waals surface area contributed by atoms with Crippen LogP contribution in [0.2, 0.25) is 0 Å². The minimum absolute atomic E-state index is 0.0816. The van der Waals surface area contributed by atoms with Crippen LogP contribution in [0.1, 0.15) is 11.1 Å². The Morgan fingerprint density at radius 2 is 2.04 bits per heavy atom. The van der Waals surface area contributed by atoms with Gasteiger partial charge in [-0.15, -0.1) is 0 Å². The SMILES string of the molecule is Cn1cc(-c2cc(F)c(N)c(C(=N)c3ccnc(N4CC(F)C4)c3)c2)cn1. The Bertz CT molecular complexity index is 1020. The Kier molecular flexibility index (Phi) is 4.10. The maximum Gasteiger partial charge on any atom is 0.147 e. The third-order valence-electron chi connectivity index (χ3n) is 4.63. The molecule has 0 unspecified atom stereocenters. The summed E-state index contributed by atoms with van der Waals surface area (Å²) in [5, 5.41) is 12.6. The summed E-state index contributed by atoms with van der Waals surface area (Å²) >= 11 is 0. The highest BCUT2D eigenvalue weighted by molar-refractivity contribution is 6.14. The van der Waals surface area contributed by atoms with Crippen LogP contribution in [0.5, 0.6) is 0 Å². The lowest BCUT2D eigenvalue weighted by Crippen LogP contribution is -2.48. The Morgan fingerprint density at radius 1 is 1.26 bits per heavy atom. The molecule has 0 spiro atoms. The number of hydrogen-bond donors (Lipinski definition) is 2. The van der Waals surface area contributed by atoms with E-state index in [9.17, 15) is 8.78 Å². The summed E-state index contributed by atoms with van der Waals surface area (Å²) in [5.41, 5.74) is 8.06. The lowest BCUT2D eigenvalue weighted by Gasteiger charge is -2.35. The molecule has 3 N–H and O–H groups in total. The standard InChI is InChI=1S/C19H18F2N6/c1-26-8-13(7-25-26)12-4-15(19(23)16(21)5-12)18(22)11-2-3-24-17(6-11)27-9-14(20)10-27/h2-8,14,22H,9-10,23H2,1H3. The highest BCUT2D eigenvalue weighted by Gasteiger charge is 2.27. The summed E-state index contributed by atoms with van der Waals surface area (Å²) in [6.45, 7) is 0.577. The van der Waals surface area contributed by atoms with Crippen LogP contribution in [-0.2, 0) is 7.05 Å². The Hall–Kier alpha value is -3.29. The summed E-state index contributed by atoms with van der Waals surface area (Å²) in [4.78, 5) is 6.02. The monoisotopic (exact) mass is 368 g/mol. The van der Waals surface area contributed by atoms with Gasteiger partial charge in [-0.3, -0.25) is 10.1 Å². The average molecular weight is 368 g/mol. The Balaban J connectivity index is 1.71. The van der Waals surface area contributed by atoms with Crippen LogP contribution in [0.15, 0.2) is 42.9 Å². The molecule has 1 saturated heterocycles. The van der Waals surface area contributed by atoms with Crippen LogP contribution in [0, 0.1) is 11.2 Å². The number of nitrogens with two attached hydrogens (primary N) is 1. The zero-order valence-corrected chi connectivity index (χ0v) is 14.7. The zero-order chi connectivity index (χ0) is 19.1. The smallest absolute Gasteiger partial charge is 0.147 e. The third kappa shape index (κ3) is 3.14. The molecule has 6 nitrogen and oxygen atoms in total. The molecule has 0 aliphatic carbocycles. The number of rotatable bonds is 4. The first-order valence-corrected chi connectivity index (χ1v) is 8.45. The molecule has 8 heteroatoms. The van der Waals surface area contributed by atoms with Gasteiger partial charge >= 0.3 is 0 Å². The summed E-state index contributed by atoms with van der Waals surface area (Å²) < 4.78 is 29.1. The number of pyridine rings is 1. The van der Waals surface area contributed by atoms with Gasteiger partial charge in [0.2, 0.25) is 0 Å². The highest BCUT2D eigenvalue weighted by Crippen LogP contribution is 2.29.